The molecule has 0 unspecified atom stereocenters. The van der Waals surface area contributed by atoms with E-state index < -0.39 is 0 Å². The molecule has 0 aliphatic rings. The molecule has 5 heteroatoms. The Bertz CT molecular complexity index is 512. The van der Waals surface area contributed by atoms with E-state index in [1.54, 1.807) is 0 Å². The van der Waals surface area contributed by atoms with Crippen LogP contribution in [0.2, 0.25) is 5.02 Å². The van der Waals surface area contributed by atoms with Crippen LogP contribution >= 0.6 is 11.6 Å². The lowest BCUT2D eigenvalue weighted by Crippen LogP contribution is -2.17. The highest BCUT2D eigenvalue weighted by atomic mass is 35.5. The lowest BCUT2D eigenvalue weighted by Gasteiger charge is -2.15. The van der Waals surface area contributed by atoms with Crippen LogP contribution in [-0.2, 0) is 19.6 Å². The monoisotopic (exact) mass is 265 g/mol. The van der Waals surface area contributed by atoms with Crippen molar-refractivity contribution in [3.63, 3.8) is 0 Å². The first-order chi connectivity index (χ1) is 8.69. The number of halogens is 1. The van der Waals surface area contributed by atoms with E-state index in [4.69, 9.17) is 21.9 Å². The lowest BCUT2D eigenvalue weighted by atomic mass is 10.2. The molecule has 1 aromatic carbocycles. The normalized spacial score (nSPS) is 11.1. The van der Waals surface area contributed by atoms with E-state index >= 15 is 0 Å². The topological polar surface area (TPSA) is 55.3 Å². The quantitative estimate of drug-likeness (QED) is 0.902. The summed E-state index contributed by atoms with van der Waals surface area (Å²) in [6, 6.07) is 9.70. The predicted octanol–water partition coefficient (Wildman–Crippen LogP) is 2.42. The van der Waals surface area contributed by atoms with Gasteiger partial charge in [0.25, 0.3) is 0 Å². The molecule has 0 saturated carbocycles. The fourth-order valence-electron chi connectivity index (χ4n) is 1.77. The number of nitrogens with zero attached hydrogens (tertiary/aromatic N) is 2. The second-order valence-corrected chi connectivity index (χ2v) is 4.66. The molecule has 0 fully saturated rings. The number of nitrogens with two attached hydrogens (primary N) is 1. The summed E-state index contributed by atoms with van der Waals surface area (Å²) >= 11 is 6.12. The Hall–Kier alpha value is -1.36. The van der Waals surface area contributed by atoms with E-state index in [0.717, 1.165) is 28.6 Å². The molecule has 0 radical (unpaired) electrons. The van der Waals surface area contributed by atoms with Crippen LogP contribution in [0.4, 0.5) is 0 Å². The fraction of sp³-hybridized carbons (Fsp3) is 0.308. The van der Waals surface area contributed by atoms with E-state index in [1.165, 1.54) is 0 Å². The molecule has 1 heterocycles. The molecule has 2 N–H and O–H groups in total. The second-order valence-electron chi connectivity index (χ2n) is 4.25. The molecular formula is C13H16ClN3O. The Morgan fingerprint density at radius 2 is 2.11 bits per heavy atom. The van der Waals surface area contributed by atoms with E-state index in [2.05, 4.69) is 10.1 Å². The van der Waals surface area contributed by atoms with Gasteiger partial charge in [0.15, 0.2) is 5.76 Å². The van der Waals surface area contributed by atoms with E-state index in [-0.39, 0.29) is 0 Å². The van der Waals surface area contributed by atoms with Crippen LogP contribution in [0.5, 0.6) is 0 Å². The van der Waals surface area contributed by atoms with Gasteiger partial charge in [-0.25, -0.2) is 0 Å². The summed E-state index contributed by atoms with van der Waals surface area (Å²) < 4.78 is 5.19. The average Bonchev–Trinajstić information content (AvgIpc) is 2.80. The first-order valence-corrected chi connectivity index (χ1v) is 6.13. The van der Waals surface area contributed by atoms with Crippen molar-refractivity contribution in [2.75, 3.05) is 7.05 Å². The highest BCUT2D eigenvalue weighted by Gasteiger charge is 2.08. The summed E-state index contributed by atoms with van der Waals surface area (Å²) in [6.07, 6.45) is 0. The molecule has 0 atom stereocenters. The standard InChI is InChI=1S/C13H16ClN3O/c1-17(8-10-4-2-3-5-13(10)14)9-12-6-11(7-15)16-18-12/h2-6H,7-9,15H2,1H3. The van der Waals surface area contributed by atoms with Crippen molar-refractivity contribution >= 4 is 11.6 Å². The first kappa shape index (κ1) is 13.1. The molecule has 96 valence electrons. The summed E-state index contributed by atoms with van der Waals surface area (Å²) in [6.45, 7) is 1.84. The van der Waals surface area contributed by atoms with Crippen molar-refractivity contribution in [1.82, 2.24) is 10.1 Å². The Balaban J connectivity index is 1.96. The number of benzene rings is 1. The number of hydrogen-bond acceptors (Lipinski definition) is 4. The largest absolute Gasteiger partial charge is 0.360 e. The fourth-order valence-corrected chi connectivity index (χ4v) is 1.96. The minimum Gasteiger partial charge on any atom is -0.360 e. The maximum atomic E-state index is 6.12. The maximum absolute atomic E-state index is 6.12. The zero-order valence-corrected chi connectivity index (χ0v) is 11.0. The molecular weight excluding hydrogens is 250 g/mol. The minimum atomic E-state index is 0.401. The molecule has 0 saturated heterocycles. The molecule has 0 amide bonds. The average molecular weight is 266 g/mol. The lowest BCUT2D eigenvalue weighted by molar-refractivity contribution is 0.266. The van der Waals surface area contributed by atoms with Crippen molar-refractivity contribution in [1.29, 1.82) is 0 Å². The van der Waals surface area contributed by atoms with Crippen molar-refractivity contribution in [2.45, 2.75) is 19.6 Å². The molecule has 18 heavy (non-hydrogen) atoms. The SMILES string of the molecule is CN(Cc1cc(CN)no1)Cc1ccccc1Cl. The first-order valence-electron chi connectivity index (χ1n) is 5.75. The van der Waals surface area contributed by atoms with Crippen LogP contribution in [0.3, 0.4) is 0 Å². The van der Waals surface area contributed by atoms with E-state index in [0.29, 0.717) is 13.1 Å². The predicted molar refractivity (Wildman–Crippen MR) is 71.0 cm³/mol. The van der Waals surface area contributed by atoms with Crippen molar-refractivity contribution in [3.05, 3.63) is 52.4 Å². The van der Waals surface area contributed by atoms with Gasteiger partial charge in [0, 0.05) is 24.2 Å². The zero-order chi connectivity index (χ0) is 13.0. The van der Waals surface area contributed by atoms with Crippen LogP contribution in [0, 0.1) is 0 Å². The van der Waals surface area contributed by atoms with Gasteiger partial charge in [0.2, 0.25) is 0 Å². The molecule has 0 aliphatic heterocycles. The Kier molecular flexibility index (Phi) is 4.36. The van der Waals surface area contributed by atoms with Gasteiger partial charge in [-0.05, 0) is 18.7 Å². The van der Waals surface area contributed by atoms with Gasteiger partial charge in [-0.2, -0.15) is 0 Å². The zero-order valence-electron chi connectivity index (χ0n) is 10.3. The molecule has 0 aliphatic carbocycles. The van der Waals surface area contributed by atoms with Crippen LogP contribution in [-0.4, -0.2) is 17.1 Å². The summed E-state index contributed by atoms with van der Waals surface area (Å²) in [5.41, 5.74) is 7.36. The summed E-state index contributed by atoms with van der Waals surface area (Å²) in [5, 5.41) is 4.64. The highest BCUT2D eigenvalue weighted by Crippen LogP contribution is 2.17. The second kappa shape index (κ2) is 6.00. The molecule has 0 bridgehead atoms. The molecule has 0 spiro atoms. The number of hydrogen-bond donors (Lipinski definition) is 1. The van der Waals surface area contributed by atoms with Crippen LogP contribution in [0.1, 0.15) is 17.0 Å². The van der Waals surface area contributed by atoms with Crippen LogP contribution in [0.25, 0.3) is 0 Å². The Morgan fingerprint density at radius 1 is 1.33 bits per heavy atom. The van der Waals surface area contributed by atoms with Crippen molar-refractivity contribution in [2.24, 2.45) is 5.73 Å². The summed E-state index contributed by atoms with van der Waals surface area (Å²) in [5.74, 6) is 0.810. The van der Waals surface area contributed by atoms with E-state index in [9.17, 15) is 0 Å². The van der Waals surface area contributed by atoms with Gasteiger partial charge >= 0.3 is 0 Å². The minimum absolute atomic E-state index is 0.401. The van der Waals surface area contributed by atoms with Gasteiger partial charge in [0.05, 0.1) is 12.2 Å². The van der Waals surface area contributed by atoms with Crippen molar-refractivity contribution in [3.8, 4) is 0 Å². The third-order valence-corrected chi connectivity index (χ3v) is 3.01. The third-order valence-electron chi connectivity index (χ3n) is 2.64. The number of rotatable bonds is 5. The van der Waals surface area contributed by atoms with Gasteiger partial charge in [-0.1, -0.05) is 35.0 Å². The maximum Gasteiger partial charge on any atom is 0.151 e. The molecule has 2 aromatic rings. The number of aromatic nitrogens is 1. The summed E-state index contributed by atoms with van der Waals surface area (Å²) in [4.78, 5) is 2.11. The molecule has 2 rings (SSSR count). The highest BCUT2D eigenvalue weighted by molar-refractivity contribution is 6.31. The van der Waals surface area contributed by atoms with E-state index in [1.807, 2.05) is 37.4 Å². The smallest absolute Gasteiger partial charge is 0.151 e. The van der Waals surface area contributed by atoms with Gasteiger partial charge in [0.1, 0.15) is 0 Å². The third kappa shape index (κ3) is 3.32. The van der Waals surface area contributed by atoms with Gasteiger partial charge in [-0.15, -0.1) is 0 Å². The molecule has 4 nitrogen and oxygen atoms in total. The van der Waals surface area contributed by atoms with Gasteiger partial charge in [-0.3, -0.25) is 4.90 Å². The Labute approximate surface area is 111 Å². The van der Waals surface area contributed by atoms with Gasteiger partial charge < -0.3 is 10.3 Å². The van der Waals surface area contributed by atoms with Crippen LogP contribution < -0.4 is 5.73 Å². The molecule has 1 aromatic heterocycles. The summed E-state index contributed by atoms with van der Waals surface area (Å²) in [7, 11) is 2.01. The Morgan fingerprint density at radius 3 is 2.78 bits per heavy atom. The van der Waals surface area contributed by atoms with Crippen LogP contribution in [0.15, 0.2) is 34.9 Å². The van der Waals surface area contributed by atoms with Crippen molar-refractivity contribution < 1.29 is 4.52 Å².